The first-order chi connectivity index (χ1) is 11.1. The average Bonchev–Trinajstić information content (AvgIpc) is 3.24. The zero-order valence-electron chi connectivity index (χ0n) is 12.8. The van der Waals surface area contributed by atoms with Gasteiger partial charge in [-0.3, -0.25) is 0 Å². The number of nitrogens with one attached hydrogen (secondary N) is 1. The minimum absolute atomic E-state index is 0.383. The number of ether oxygens (including phenoxy) is 1. The quantitative estimate of drug-likeness (QED) is 0.472. The Morgan fingerprint density at radius 2 is 2.22 bits per heavy atom. The van der Waals surface area contributed by atoms with Crippen LogP contribution in [0.25, 0.3) is 0 Å². The molecule has 1 aromatic carbocycles. The van der Waals surface area contributed by atoms with Gasteiger partial charge >= 0.3 is 0 Å². The molecule has 23 heavy (non-hydrogen) atoms. The van der Waals surface area contributed by atoms with Crippen LogP contribution in [0.15, 0.2) is 35.7 Å². The molecule has 0 amide bonds. The zero-order valence-corrected chi connectivity index (χ0v) is 13.5. The Bertz CT molecular complexity index is 740. The lowest BCUT2D eigenvalue weighted by Gasteiger charge is -2.15. The summed E-state index contributed by atoms with van der Waals surface area (Å²) in [7, 11) is 1.58. The Labute approximate surface area is 138 Å². The van der Waals surface area contributed by atoms with Gasteiger partial charge in [-0.15, -0.1) is 4.91 Å². The van der Waals surface area contributed by atoms with Crippen molar-refractivity contribution in [1.82, 2.24) is 10.1 Å². The number of nitroso groups, excluding NO2 is 1. The standard InChI is InChI=1S/C15H16ClN5O2/c1-10-7-11(16)3-4-12(10)18-15-8-13-14(9-17-15)21(13)20(19-22)5-6-23-2/h3-4,7-9H,5-6H2,1-2H3,(H,17,18). The van der Waals surface area contributed by atoms with Gasteiger partial charge in [0, 0.05) is 23.9 Å². The molecule has 1 aromatic heterocycles. The van der Waals surface area contributed by atoms with Gasteiger partial charge in [-0.2, -0.15) is 5.12 Å². The lowest BCUT2D eigenvalue weighted by atomic mass is 10.2. The number of fused-ring (bicyclic) bond motifs is 1. The van der Waals surface area contributed by atoms with Gasteiger partial charge in [0.25, 0.3) is 0 Å². The number of rotatable bonds is 7. The number of anilines is 4. The van der Waals surface area contributed by atoms with E-state index in [1.54, 1.807) is 18.3 Å². The Balaban J connectivity index is 1.73. The lowest BCUT2D eigenvalue weighted by Crippen LogP contribution is -2.28. The van der Waals surface area contributed by atoms with Gasteiger partial charge in [-0.1, -0.05) is 11.6 Å². The van der Waals surface area contributed by atoms with E-state index in [0.717, 1.165) is 22.6 Å². The zero-order chi connectivity index (χ0) is 16.4. The molecule has 0 aliphatic carbocycles. The van der Waals surface area contributed by atoms with E-state index >= 15 is 0 Å². The summed E-state index contributed by atoms with van der Waals surface area (Å²) in [5.74, 6) is 0.689. The summed E-state index contributed by atoms with van der Waals surface area (Å²) in [6.45, 7) is 2.77. The Morgan fingerprint density at radius 3 is 2.91 bits per heavy atom. The van der Waals surface area contributed by atoms with Crippen LogP contribution in [0.4, 0.5) is 22.9 Å². The van der Waals surface area contributed by atoms with E-state index in [4.69, 9.17) is 16.3 Å². The second-order valence-electron chi connectivity index (χ2n) is 5.12. The third kappa shape index (κ3) is 3.20. The monoisotopic (exact) mass is 333 g/mol. The van der Waals surface area contributed by atoms with Gasteiger partial charge < -0.3 is 10.1 Å². The lowest BCUT2D eigenvalue weighted by molar-refractivity contribution is 0.154. The minimum Gasteiger partial charge on any atom is -0.383 e. The van der Waals surface area contributed by atoms with E-state index in [2.05, 4.69) is 15.6 Å². The molecule has 0 atom stereocenters. The summed E-state index contributed by atoms with van der Waals surface area (Å²) < 4.78 is 4.97. The molecule has 1 aliphatic heterocycles. The molecular weight excluding hydrogens is 318 g/mol. The number of aryl methyl sites for hydroxylation is 1. The van der Waals surface area contributed by atoms with Crippen LogP contribution in [0.5, 0.6) is 0 Å². The van der Waals surface area contributed by atoms with E-state index in [1.165, 1.54) is 5.12 Å². The molecular formula is C15H16ClN5O2. The second-order valence-corrected chi connectivity index (χ2v) is 5.56. The molecule has 0 spiro atoms. The Hall–Kier alpha value is -2.38. The van der Waals surface area contributed by atoms with Crippen LogP contribution in [0, 0.1) is 11.8 Å². The van der Waals surface area contributed by atoms with Crippen LogP contribution < -0.4 is 10.3 Å². The fraction of sp³-hybridized carbons (Fsp3) is 0.267. The molecule has 120 valence electrons. The second kappa shape index (κ2) is 6.39. The van der Waals surface area contributed by atoms with Crippen LogP contribution in [-0.2, 0) is 4.74 Å². The predicted octanol–water partition coefficient (Wildman–Crippen LogP) is 3.78. The predicted molar refractivity (Wildman–Crippen MR) is 90.2 cm³/mol. The molecule has 0 radical (unpaired) electrons. The summed E-state index contributed by atoms with van der Waals surface area (Å²) in [4.78, 5) is 15.3. The molecule has 0 fully saturated rings. The van der Waals surface area contributed by atoms with Crippen molar-refractivity contribution in [2.24, 2.45) is 5.29 Å². The van der Waals surface area contributed by atoms with E-state index < -0.39 is 0 Å². The summed E-state index contributed by atoms with van der Waals surface area (Å²) >= 11 is 5.96. The fourth-order valence-corrected chi connectivity index (χ4v) is 2.53. The number of hydrogen-bond donors (Lipinski definition) is 1. The number of hydrogen-bond acceptors (Lipinski definition) is 6. The molecule has 2 aromatic rings. The third-order valence-corrected chi connectivity index (χ3v) is 3.77. The Morgan fingerprint density at radius 1 is 1.39 bits per heavy atom. The maximum Gasteiger partial charge on any atom is 0.132 e. The maximum atomic E-state index is 10.9. The molecule has 1 aliphatic rings. The van der Waals surface area contributed by atoms with Crippen molar-refractivity contribution in [3.05, 3.63) is 46.0 Å². The molecule has 0 bridgehead atoms. The van der Waals surface area contributed by atoms with Gasteiger partial charge in [-0.25, -0.2) is 9.99 Å². The molecule has 1 N–H and O–H groups in total. The third-order valence-electron chi connectivity index (χ3n) is 3.54. The number of hydrazine groups is 1. The number of benzene rings is 1. The average molecular weight is 334 g/mol. The highest BCUT2D eigenvalue weighted by Gasteiger charge is 2.36. The molecule has 7 nitrogen and oxygen atoms in total. The van der Waals surface area contributed by atoms with Gasteiger partial charge in [0.2, 0.25) is 0 Å². The van der Waals surface area contributed by atoms with Crippen LogP contribution in [0.1, 0.15) is 5.56 Å². The molecule has 0 saturated heterocycles. The summed E-state index contributed by atoms with van der Waals surface area (Å²) in [6.07, 6.45) is 1.70. The van der Waals surface area contributed by atoms with Crippen molar-refractivity contribution in [2.75, 3.05) is 30.6 Å². The van der Waals surface area contributed by atoms with Crippen molar-refractivity contribution in [3.8, 4) is 0 Å². The summed E-state index contributed by atoms with van der Waals surface area (Å²) in [5, 5.41) is 9.96. The first-order valence-corrected chi connectivity index (χ1v) is 7.45. The number of halogens is 1. The Kier molecular flexibility index (Phi) is 4.31. The normalized spacial score (nSPS) is 11.9. The van der Waals surface area contributed by atoms with Gasteiger partial charge in [-0.05, 0) is 30.7 Å². The summed E-state index contributed by atoms with van der Waals surface area (Å²) in [6, 6.07) is 7.48. The van der Waals surface area contributed by atoms with Gasteiger partial charge in [0.05, 0.1) is 30.3 Å². The highest BCUT2D eigenvalue weighted by atomic mass is 35.5. The number of methoxy groups -OCH3 is 1. The van der Waals surface area contributed by atoms with Crippen LogP contribution >= 0.6 is 11.6 Å². The van der Waals surface area contributed by atoms with Gasteiger partial charge in [0.1, 0.15) is 11.5 Å². The molecule has 2 heterocycles. The van der Waals surface area contributed by atoms with Gasteiger partial charge in [0.15, 0.2) is 0 Å². The maximum absolute atomic E-state index is 10.9. The first-order valence-electron chi connectivity index (χ1n) is 7.07. The first kappa shape index (κ1) is 15.5. The van der Waals surface area contributed by atoms with E-state index in [9.17, 15) is 4.91 Å². The van der Waals surface area contributed by atoms with E-state index in [0.29, 0.717) is 24.0 Å². The highest BCUT2D eigenvalue weighted by Crippen LogP contribution is 2.49. The number of nitrogens with zero attached hydrogens (tertiary/aromatic N) is 4. The van der Waals surface area contributed by atoms with E-state index in [-0.39, 0.29) is 0 Å². The van der Waals surface area contributed by atoms with Crippen LogP contribution in [-0.4, -0.2) is 30.4 Å². The largest absolute Gasteiger partial charge is 0.383 e. The molecule has 3 rings (SSSR count). The van der Waals surface area contributed by atoms with Crippen molar-refractivity contribution in [2.45, 2.75) is 6.92 Å². The molecule has 0 saturated carbocycles. The van der Waals surface area contributed by atoms with Crippen molar-refractivity contribution < 1.29 is 4.74 Å². The smallest absolute Gasteiger partial charge is 0.132 e. The highest BCUT2D eigenvalue weighted by molar-refractivity contribution is 6.30. The fourth-order valence-electron chi connectivity index (χ4n) is 2.31. The van der Waals surface area contributed by atoms with Crippen molar-refractivity contribution in [3.63, 3.8) is 0 Å². The number of pyridine rings is 1. The number of aromatic nitrogens is 1. The summed E-state index contributed by atoms with van der Waals surface area (Å²) in [5.41, 5.74) is 3.71. The minimum atomic E-state index is 0.383. The van der Waals surface area contributed by atoms with Crippen LogP contribution in [0.2, 0.25) is 5.02 Å². The van der Waals surface area contributed by atoms with Crippen molar-refractivity contribution >= 4 is 34.5 Å². The van der Waals surface area contributed by atoms with Crippen molar-refractivity contribution in [1.29, 1.82) is 0 Å². The van der Waals surface area contributed by atoms with Crippen LogP contribution in [0.3, 0.4) is 0 Å². The topological polar surface area (TPSA) is 69.8 Å². The SMILES string of the molecule is COCCN(N=O)N1c2cnc(Nc3ccc(Cl)cc3C)cc21. The van der Waals surface area contributed by atoms with E-state index in [1.807, 2.05) is 31.2 Å². The molecule has 8 heteroatoms. The molecule has 0 unspecified atom stereocenters.